The zero-order valence-electron chi connectivity index (χ0n) is 12.2. The van der Waals surface area contributed by atoms with Crippen molar-refractivity contribution in [1.29, 1.82) is 0 Å². The molecule has 1 saturated heterocycles. The van der Waals surface area contributed by atoms with E-state index in [4.69, 9.17) is 11.6 Å². The lowest BCUT2D eigenvalue weighted by Crippen LogP contribution is -2.36. The number of benzene rings is 1. The van der Waals surface area contributed by atoms with E-state index in [2.05, 4.69) is 36.2 Å². The van der Waals surface area contributed by atoms with Crippen LogP contribution in [-0.4, -0.2) is 20.1 Å². The molecule has 0 bridgehead atoms. The first-order valence-electron chi connectivity index (χ1n) is 7.30. The largest absolute Gasteiger partial charge is 0.371 e. The van der Waals surface area contributed by atoms with Gasteiger partial charge in [0.25, 0.3) is 0 Å². The van der Waals surface area contributed by atoms with Gasteiger partial charge in [-0.1, -0.05) is 31.5 Å². The van der Waals surface area contributed by atoms with Crippen molar-refractivity contribution >= 4 is 17.3 Å². The van der Waals surface area contributed by atoms with Crippen molar-refractivity contribution in [3.05, 3.63) is 28.8 Å². The Morgan fingerprint density at radius 1 is 1.32 bits per heavy atom. The summed E-state index contributed by atoms with van der Waals surface area (Å²) in [6.07, 6.45) is 2.59. The second-order valence-electron chi connectivity index (χ2n) is 5.84. The van der Waals surface area contributed by atoms with Crippen LogP contribution < -0.4 is 10.2 Å². The molecule has 0 amide bonds. The maximum absolute atomic E-state index is 6.34. The number of piperidine rings is 1. The van der Waals surface area contributed by atoms with Crippen molar-refractivity contribution in [2.24, 2.45) is 11.8 Å². The molecular formula is C16H25ClN2. The molecule has 1 N–H and O–H groups in total. The molecule has 0 spiro atoms. The standard InChI is InChI=1S/C16H25ClN2/c1-12(2)13-7-9-19(10-8-13)16-6-4-5-15(17)14(16)11-18-3/h4-6,12-13,18H,7-11H2,1-3H3. The molecule has 1 aromatic rings. The first-order chi connectivity index (χ1) is 9.13. The minimum atomic E-state index is 0.804. The van der Waals surface area contributed by atoms with E-state index in [1.165, 1.54) is 24.1 Å². The van der Waals surface area contributed by atoms with Crippen LogP contribution in [0.5, 0.6) is 0 Å². The highest BCUT2D eigenvalue weighted by atomic mass is 35.5. The summed E-state index contributed by atoms with van der Waals surface area (Å²) in [4.78, 5) is 2.50. The molecular weight excluding hydrogens is 256 g/mol. The number of halogens is 1. The molecule has 1 aliphatic heterocycles. The molecule has 1 aromatic carbocycles. The fourth-order valence-corrected chi connectivity index (χ4v) is 3.24. The molecule has 2 rings (SSSR count). The molecule has 19 heavy (non-hydrogen) atoms. The molecule has 1 heterocycles. The van der Waals surface area contributed by atoms with Crippen LogP contribution in [0.1, 0.15) is 32.3 Å². The smallest absolute Gasteiger partial charge is 0.0471 e. The van der Waals surface area contributed by atoms with Gasteiger partial charge >= 0.3 is 0 Å². The molecule has 0 unspecified atom stereocenters. The van der Waals surface area contributed by atoms with Gasteiger partial charge in [-0.2, -0.15) is 0 Å². The Bertz CT molecular complexity index is 409. The number of nitrogens with zero attached hydrogens (tertiary/aromatic N) is 1. The summed E-state index contributed by atoms with van der Waals surface area (Å²) < 4.78 is 0. The lowest BCUT2D eigenvalue weighted by molar-refractivity contribution is 0.311. The number of hydrogen-bond donors (Lipinski definition) is 1. The van der Waals surface area contributed by atoms with Crippen molar-refractivity contribution in [2.45, 2.75) is 33.2 Å². The van der Waals surface area contributed by atoms with E-state index in [0.717, 1.165) is 36.5 Å². The molecule has 0 aliphatic carbocycles. The van der Waals surface area contributed by atoms with Gasteiger partial charge in [-0.15, -0.1) is 0 Å². The van der Waals surface area contributed by atoms with E-state index in [1.54, 1.807) is 0 Å². The quantitative estimate of drug-likeness (QED) is 0.899. The lowest BCUT2D eigenvalue weighted by Gasteiger charge is -2.36. The van der Waals surface area contributed by atoms with Crippen LogP contribution in [-0.2, 0) is 6.54 Å². The van der Waals surface area contributed by atoms with E-state index in [0.29, 0.717) is 0 Å². The third-order valence-corrected chi connectivity index (χ3v) is 4.62. The highest BCUT2D eigenvalue weighted by molar-refractivity contribution is 6.31. The predicted molar refractivity (Wildman–Crippen MR) is 84.0 cm³/mol. The molecule has 1 aliphatic rings. The SMILES string of the molecule is CNCc1c(Cl)cccc1N1CCC(C(C)C)CC1. The van der Waals surface area contributed by atoms with Gasteiger partial charge in [-0.3, -0.25) is 0 Å². The molecule has 106 valence electrons. The summed E-state index contributed by atoms with van der Waals surface area (Å²) in [6, 6.07) is 6.25. The Hall–Kier alpha value is -0.730. The number of rotatable bonds is 4. The average molecular weight is 281 g/mol. The third kappa shape index (κ3) is 3.43. The van der Waals surface area contributed by atoms with Crippen molar-refractivity contribution in [1.82, 2.24) is 5.32 Å². The zero-order chi connectivity index (χ0) is 13.8. The Morgan fingerprint density at radius 2 is 2.00 bits per heavy atom. The van der Waals surface area contributed by atoms with Crippen LogP contribution in [0.2, 0.25) is 5.02 Å². The zero-order valence-corrected chi connectivity index (χ0v) is 13.0. The van der Waals surface area contributed by atoms with Crippen LogP contribution >= 0.6 is 11.6 Å². The maximum atomic E-state index is 6.34. The monoisotopic (exact) mass is 280 g/mol. The average Bonchev–Trinajstić information content (AvgIpc) is 2.41. The van der Waals surface area contributed by atoms with E-state index in [1.807, 2.05) is 13.1 Å². The molecule has 0 aromatic heterocycles. The number of anilines is 1. The number of nitrogens with one attached hydrogen (secondary N) is 1. The summed E-state index contributed by atoms with van der Waals surface area (Å²) in [5.74, 6) is 1.68. The predicted octanol–water partition coefficient (Wildman–Crippen LogP) is 3.93. The Kier molecular flexibility index (Phi) is 5.12. The first-order valence-corrected chi connectivity index (χ1v) is 7.68. The van der Waals surface area contributed by atoms with Crippen LogP contribution in [0.25, 0.3) is 0 Å². The fraction of sp³-hybridized carbons (Fsp3) is 0.625. The fourth-order valence-electron chi connectivity index (χ4n) is 3.00. The Morgan fingerprint density at radius 3 is 2.58 bits per heavy atom. The lowest BCUT2D eigenvalue weighted by atomic mass is 9.86. The van der Waals surface area contributed by atoms with Gasteiger partial charge in [0.15, 0.2) is 0 Å². The van der Waals surface area contributed by atoms with Crippen LogP contribution in [0, 0.1) is 11.8 Å². The van der Waals surface area contributed by atoms with Crippen molar-refractivity contribution < 1.29 is 0 Å². The molecule has 3 heteroatoms. The van der Waals surface area contributed by atoms with Gasteiger partial charge < -0.3 is 10.2 Å². The van der Waals surface area contributed by atoms with Gasteiger partial charge in [0.2, 0.25) is 0 Å². The molecule has 0 atom stereocenters. The third-order valence-electron chi connectivity index (χ3n) is 4.27. The maximum Gasteiger partial charge on any atom is 0.0471 e. The van der Waals surface area contributed by atoms with Gasteiger partial charge in [-0.05, 0) is 43.9 Å². The summed E-state index contributed by atoms with van der Waals surface area (Å²) in [7, 11) is 1.97. The van der Waals surface area contributed by atoms with Gasteiger partial charge in [0.1, 0.15) is 0 Å². The van der Waals surface area contributed by atoms with E-state index >= 15 is 0 Å². The van der Waals surface area contributed by atoms with E-state index in [9.17, 15) is 0 Å². The van der Waals surface area contributed by atoms with Crippen LogP contribution in [0.15, 0.2) is 18.2 Å². The van der Waals surface area contributed by atoms with Gasteiger partial charge in [0, 0.05) is 35.9 Å². The Labute approximate surface area is 122 Å². The minimum absolute atomic E-state index is 0.804. The summed E-state index contributed by atoms with van der Waals surface area (Å²) in [5, 5.41) is 4.09. The topological polar surface area (TPSA) is 15.3 Å². The van der Waals surface area contributed by atoms with Crippen molar-refractivity contribution in [2.75, 3.05) is 25.0 Å². The first kappa shape index (κ1) is 14.7. The number of hydrogen-bond acceptors (Lipinski definition) is 2. The van der Waals surface area contributed by atoms with E-state index in [-0.39, 0.29) is 0 Å². The molecule has 1 fully saturated rings. The molecule has 2 nitrogen and oxygen atoms in total. The van der Waals surface area contributed by atoms with Crippen molar-refractivity contribution in [3.8, 4) is 0 Å². The van der Waals surface area contributed by atoms with Crippen LogP contribution in [0.3, 0.4) is 0 Å². The van der Waals surface area contributed by atoms with Crippen LogP contribution in [0.4, 0.5) is 5.69 Å². The summed E-state index contributed by atoms with van der Waals surface area (Å²) in [6.45, 7) is 7.82. The highest BCUT2D eigenvalue weighted by Gasteiger charge is 2.23. The summed E-state index contributed by atoms with van der Waals surface area (Å²) >= 11 is 6.34. The van der Waals surface area contributed by atoms with Crippen molar-refractivity contribution in [3.63, 3.8) is 0 Å². The summed E-state index contributed by atoms with van der Waals surface area (Å²) in [5.41, 5.74) is 2.54. The van der Waals surface area contributed by atoms with E-state index < -0.39 is 0 Å². The van der Waals surface area contributed by atoms with Gasteiger partial charge in [-0.25, -0.2) is 0 Å². The Balaban J connectivity index is 2.13. The second kappa shape index (κ2) is 6.62. The second-order valence-corrected chi connectivity index (χ2v) is 6.24. The normalized spacial score (nSPS) is 17.2. The minimum Gasteiger partial charge on any atom is -0.371 e. The van der Waals surface area contributed by atoms with Gasteiger partial charge in [0.05, 0.1) is 0 Å². The highest BCUT2D eigenvalue weighted by Crippen LogP contribution is 2.32. The molecule has 0 saturated carbocycles. The molecule has 0 radical (unpaired) electrons.